The van der Waals surface area contributed by atoms with Crippen LogP contribution in [0.1, 0.15) is 5.56 Å². The number of hydrogen-bond acceptors (Lipinski definition) is 3. The van der Waals surface area contributed by atoms with Gasteiger partial charge in [0.1, 0.15) is 5.75 Å². The molecule has 0 aliphatic heterocycles. The summed E-state index contributed by atoms with van der Waals surface area (Å²) in [6, 6.07) is 23.2. The quantitative estimate of drug-likeness (QED) is 0.306. The zero-order chi connectivity index (χ0) is 18.5. The molecule has 0 fully saturated rings. The van der Waals surface area contributed by atoms with E-state index in [9.17, 15) is 4.79 Å². The summed E-state index contributed by atoms with van der Waals surface area (Å²) in [4.78, 5) is 13.6. The maximum absolute atomic E-state index is 11.5. The largest absolute Gasteiger partial charge is 0.423 e. The highest BCUT2D eigenvalue weighted by molar-refractivity contribution is 6.30. The summed E-state index contributed by atoms with van der Waals surface area (Å²) >= 11 is 6.04. The van der Waals surface area contributed by atoms with Gasteiger partial charge in [-0.15, -0.1) is 0 Å². The van der Waals surface area contributed by atoms with Gasteiger partial charge in [-0.1, -0.05) is 41.9 Å². The number of aryl methyl sites for hydroxylation is 1. The average molecular weight is 364 g/mol. The van der Waals surface area contributed by atoms with Crippen molar-refractivity contribution in [3.63, 3.8) is 0 Å². The highest BCUT2D eigenvalue weighted by Crippen LogP contribution is 2.36. The molecule has 0 unspecified atom stereocenters. The van der Waals surface area contributed by atoms with Gasteiger partial charge in [0.2, 0.25) is 0 Å². The molecule has 130 valence electrons. The fourth-order valence-electron chi connectivity index (χ4n) is 2.58. The summed E-state index contributed by atoms with van der Waals surface area (Å²) in [5, 5.41) is 0.672. The minimum atomic E-state index is -0.490. The van der Waals surface area contributed by atoms with Gasteiger partial charge in [-0.25, -0.2) is 4.79 Å². The van der Waals surface area contributed by atoms with E-state index in [4.69, 9.17) is 16.3 Å². The van der Waals surface area contributed by atoms with Crippen LogP contribution in [0.25, 0.3) is 0 Å². The number of esters is 1. The van der Waals surface area contributed by atoms with E-state index in [0.717, 1.165) is 23.1 Å². The molecule has 0 saturated carbocycles. The lowest BCUT2D eigenvalue weighted by molar-refractivity contribution is -0.128. The molecule has 26 heavy (non-hydrogen) atoms. The van der Waals surface area contributed by atoms with E-state index in [0.29, 0.717) is 10.8 Å². The van der Waals surface area contributed by atoms with Crippen LogP contribution < -0.4 is 9.64 Å². The predicted octanol–water partition coefficient (Wildman–Crippen LogP) is 6.21. The van der Waals surface area contributed by atoms with Crippen molar-refractivity contribution in [3.05, 3.63) is 96.0 Å². The molecule has 0 heterocycles. The third kappa shape index (κ3) is 4.13. The molecule has 0 bridgehead atoms. The van der Waals surface area contributed by atoms with E-state index >= 15 is 0 Å². The normalized spacial score (nSPS) is 10.2. The Kier molecular flexibility index (Phi) is 5.40. The fourth-order valence-corrected chi connectivity index (χ4v) is 2.70. The minimum Gasteiger partial charge on any atom is -0.423 e. The van der Waals surface area contributed by atoms with E-state index in [-0.39, 0.29) is 0 Å². The summed E-state index contributed by atoms with van der Waals surface area (Å²) in [7, 11) is 0. The van der Waals surface area contributed by atoms with Crippen molar-refractivity contribution < 1.29 is 9.53 Å². The Bertz CT molecular complexity index is 872. The monoisotopic (exact) mass is 363 g/mol. The van der Waals surface area contributed by atoms with Gasteiger partial charge in [0.05, 0.1) is 0 Å². The van der Waals surface area contributed by atoms with Crippen LogP contribution in [-0.4, -0.2) is 5.97 Å². The minimum absolute atomic E-state index is 0.457. The van der Waals surface area contributed by atoms with Gasteiger partial charge < -0.3 is 9.64 Å². The molecule has 4 heteroatoms. The summed E-state index contributed by atoms with van der Waals surface area (Å²) in [6.07, 6.45) is 1.14. The zero-order valence-corrected chi connectivity index (χ0v) is 15.1. The van der Waals surface area contributed by atoms with Crippen LogP contribution in [0.3, 0.4) is 0 Å². The third-order valence-corrected chi connectivity index (χ3v) is 4.09. The second-order valence-electron chi connectivity index (χ2n) is 5.77. The molecule has 0 amide bonds. The van der Waals surface area contributed by atoms with E-state index in [2.05, 4.69) is 23.6 Å². The van der Waals surface area contributed by atoms with E-state index < -0.39 is 5.97 Å². The van der Waals surface area contributed by atoms with E-state index in [1.165, 1.54) is 5.56 Å². The zero-order valence-electron chi connectivity index (χ0n) is 14.4. The molecule has 0 aliphatic rings. The van der Waals surface area contributed by atoms with Crippen LogP contribution in [0.2, 0.25) is 5.02 Å². The molecule has 0 radical (unpaired) electrons. The van der Waals surface area contributed by atoms with E-state index in [1.54, 1.807) is 6.07 Å². The lowest BCUT2D eigenvalue weighted by atomic mass is 10.1. The number of halogens is 1. The van der Waals surface area contributed by atoms with Gasteiger partial charge in [-0.3, -0.25) is 0 Å². The van der Waals surface area contributed by atoms with Gasteiger partial charge in [-0.2, -0.15) is 0 Å². The Morgan fingerprint density at radius 3 is 2.19 bits per heavy atom. The predicted molar refractivity (Wildman–Crippen MR) is 107 cm³/mol. The molecule has 0 spiro atoms. The van der Waals surface area contributed by atoms with Gasteiger partial charge in [0.15, 0.2) is 0 Å². The van der Waals surface area contributed by atoms with Crippen molar-refractivity contribution in [2.45, 2.75) is 6.92 Å². The topological polar surface area (TPSA) is 29.5 Å². The molecule has 0 N–H and O–H groups in total. The van der Waals surface area contributed by atoms with Crippen LogP contribution in [0, 0.1) is 6.92 Å². The molecule has 3 aromatic carbocycles. The number of hydrogen-bond donors (Lipinski definition) is 0. The number of rotatable bonds is 5. The van der Waals surface area contributed by atoms with Gasteiger partial charge >= 0.3 is 5.97 Å². The molecule has 3 aromatic rings. The molecule has 0 atom stereocenters. The summed E-state index contributed by atoms with van der Waals surface area (Å²) < 4.78 is 5.26. The first-order valence-corrected chi connectivity index (χ1v) is 8.51. The fraction of sp³-hybridized carbons (Fsp3) is 0.0455. The number of ether oxygens (including phenoxy) is 1. The Morgan fingerprint density at radius 2 is 1.58 bits per heavy atom. The van der Waals surface area contributed by atoms with Crippen molar-refractivity contribution in [3.8, 4) is 5.75 Å². The molecule has 0 aliphatic carbocycles. The lowest BCUT2D eigenvalue weighted by Gasteiger charge is -2.26. The van der Waals surface area contributed by atoms with Crippen molar-refractivity contribution >= 4 is 34.6 Å². The highest BCUT2D eigenvalue weighted by atomic mass is 35.5. The Labute approximate surface area is 158 Å². The molecule has 0 saturated heterocycles. The Morgan fingerprint density at radius 1 is 0.962 bits per heavy atom. The smallest absolute Gasteiger partial charge is 0.335 e. The standard InChI is InChI=1S/C22H18ClNO2/c1-3-22(25)26-21-6-4-5-20(15-21)24(18-11-7-16(2)8-12-18)19-13-9-17(23)10-14-19/h3-15H,1H2,2H3. The second kappa shape index (κ2) is 7.89. The van der Waals surface area contributed by atoms with Crippen LogP contribution >= 0.6 is 11.6 Å². The molecule has 3 nitrogen and oxygen atoms in total. The maximum Gasteiger partial charge on any atom is 0.335 e. The lowest BCUT2D eigenvalue weighted by Crippen LogP contribution is -2.10. The number of carbonyl (C=O) groups is 1. The SMILES string of the molecule is C=CC(=O)Oc1cccc(N(c2ccc(C)cc2)c2ccc(Cl)cc2)c1. The summed E-state index contributed by atoms with van der Waals surface area (Å²) in [5.41, 5.74) is 3.99. The van der Waals surface area contributed by atoms with Crippen LogP contribution in [0.4, 0.5) is 17.1 Å². The summed E-state index contributed by atoms with van der Waals surface area (Å²) in [6.45, 7) is 5.48. The molecule has 0 aromatic heterocycles. The first kappa shape index (κ1) is 17.8. The average Bonchev–Trinajstić information content (AvgIpc) is 2.65. The third-order valence-electron chi connectivity index (χ3n) is 3.84. The second-order valence-corrected chi connectivity index (χ2v) is 6.21. The van der Waals surface area contributed by atoms with Crippen LogP contribution in [0.15, 0.2) is 85.5 Å². The number of nitrogens with zero attached hydrogens (tertiary/aromatic N) is 1. The van der Waals surface area contributed by atoms with E-state index in [1.807, 2.05) is 61.5 Å². The Balaban J connectivity index is 2.07. The van der Waals surface area contributed by atoms with Crippen molar-refractivity contribution in [2.24, 2.45) is 0 Å². The van der Waals surface area contributed by atoms with Crippen LogP contribution in [0.5, 0.6) is 5.75 Å². The number of carbonyl (C=O) groups excluding carboxylic acids is 1. The molecular weight excluding hydrogens is 346 g/mol. The molecular formula is C22H18ClNO2. The maximum atomic E-state index is 11.5. The highest BCUT2D eigenvalue weighted by Gasteiger charge is 2.13. The first-order valence-electron chi connectivity index (χ1n) is 8.13. The number of benzene rings is 3. The van der Waals surface area contributed by atoms with Crippen molar-refractivity contribution in [1.82, 2.24) is 0 Å². The number of anilines is 3. The Hall–Kier alpha value is -3.04. The van der Waals surface area contributed by atoms with Crippen molar-refractivity contribution in [1.29, 1.82) is 0 Å². The van der Waals surface area contributed by atoms with Crippen molar-refractivity contribution in [2.75, 3.05) is 4.90 Å². The first-order chi connectivity index (χ1) is 12.6. The van der Waals surface area contributed by atoms with Gasteiger partial charge in [0.25, 0.3) is 0 Å². The summed E-state index contributed by atoms with van der Waals surface area (Å²) in [5.74, 6) is -0.0333. The van der Waals surface area contributed by atoms with Gasteiger partial charge in [0, 0.05) is 34.2 Å². The molecule has 3 rings (SSSR count). The van der Waals surface area contributed by atoms with Gasteiger partial charge in [-0.05, 0) is 55.5 Å². The van der Waals surface area contributed by atoms with Crippen LogP contribution in [-0.2, 0) is 4.79 Å².